The van der Waals surface area contributed by atoms with E-state index in [-0.39, 0.29) is 10.5 Å². The van der Waals surface area contributed by atoms with Gasteiger partial charge in [-0.05, 0) is 12.1 Å². The van der Waals surface area contributed by atoms with Crippen molar-refractivity contribution in [1.82, 2.24) is 0 Å². The van der Waals surface area contributed by atoms with E-state index in [0.717, 1.165) is 0 Å². The monoisotopic (exact) mass is 292 g/mol. The van der Waals surface area contributed by atoms with Crippen LogP contribution < -0.4 is 0 Å². The van der Waals surface area contributed by atoms with E-state index in [9.17, 15) is 26.3 Å². The fourth-order valence-corrected chi connectivity index (χ4v) is 1.44. The van der Waals surface area contributed by atoms with E-state index in [1.165, 1.54) is 0 Å². The Morgan fingerprint density at radius 3 is 2.07 bits per heavy atom. The molecule has 84 valence electrons. The SMILES string of the molecule is Fc1cc(Br)c(C(F)F)cc1C(F)(F)F. The molecule has 1 aromatic carbocycles. The van der Waals surface area contributed by atoms with Gasteiger partial charge in [0.1, 0.15) is 5.82 Å². The molecule has 0 aliphatic carbocycles. The van der Waals surface area contributed by atoms with Gasteiger partial charge in [0.05, 0.1) is 5.56 Å². The molecule has 0 radical (unpaired) electrons. The third kappa shape index (κ3) is 2.64. The van der Waals surface area contributed by atoms with Crippen LogP contribution in [0.25, 0.3) is 0 Å². The molecule has 0 unspecified atom stereocenters. The van der Waals surface area contributed by atoms with Crippen molar-refractivity contribution in [3.63, 3.8) is 0 Å². The van der Waals surface area contributed by atoms with Crippen LogP contribution in [0.3, 0.4) is 0 Å². The molecule has 0 heterocycles. The van der Waals surface area contributed by atoms with Crippen molar-refractivity contribution in [2.75, 3.05) is 0 Å². The third-order valence-electron chi connectivity index (χ3n) is 1.63. The fraction of sp³-hybridized carbons (Fsp3) is 0.250. The van der Waals surface area contributed by atoms with Crippen LogP contribution in [0.15, 0.2) is 16.6 Å². The number of alkyl halides is 5. The molecule has 0 spiro atoms. The van der Waals surface area contributed by atoms with Gasteiger partial charge in [0.2, 0.25) is 0 Å². The Labute approximate surface area is 89.0 Å². The lowest BCUT2D eigenvalue weighted by molar-refractivity contribution is -0.140. The van der Waals surface area contributed by atoms with Gasteiger partial charge in [-0.25, -0.2) is 13.2 Å². The Hall–Kier alpha value is -0.720. The fourth-order valence-electron chi connectivity index (χ4n) is 0.950. The highest BCUT2D eigenvalue weighted by atomic mass is 79.9. The predicted molar refractivity (Wildman–Crippen MR) is 44.1 cm³/mol. The quantitative estimate of drug-likeness (QED) is 0.667. The Balaban J connectivity index is 3.37. The molecular weight excluding hydrogens is 290 g/mol. The molecule has 7 heteroatoms. The summed E-state index contributed by atoms with van der Waals surface area (Å²) in [5.74, 6) is -1.58. The number of hydrogen-bond donors (Lipinski definition) is 0. The van der Waals surface area contributed by atoms with Crippen molar-refractivity contribution in [2.24, 2.45) is 0 Å². The molecule has 0 saturated heterocycles. The predicted octanol–water partition coefficient (Wildman–Crippen LogP) is 4.54. The van der Waals surface area contributed by atoms with Gasteiger partial charge in [0.25, 0.3) is 6.43 Å². The number of hydrogen-bond acceptors (Lipinski definition) is 0. The summed E-state index contributed by atoms with van der Waals surface area (Å²) in [5, 5.41) is 0. The van der Waals surface area contributed by atoms with Crippen LogP contribution >= 0.6 is 15.9 Å². The maximum Gasteiger partial charge on any atom is 0.419 e. The molecule has 0 aliphatic rings. The first-order chi connectivity index (χ1) is 6.73. The summed E-state index contributed by atoms with van der Waals surface area (Å²) in [7, 11) is 0. The topological polar surface area (TPSA) is 0 Å². The molecule has 15 heavy (non-hydrogen) atoms. The lowest BCUT2D eigenvalue weighted by Crippen LogP contribution is -2.09. The lowest BCUT2D eigenvalue weighted by atomic mass is 10.1. The Bertz CT molecular complexity index is 370. The lowest BCUT2D eigenvalue weighted by Gasteiger charge is -2.11. The maximum absolute atomic E-state index is 12.8. The zero-order valence-corrected chi connectivity index (χ0v) is 8.46. The summed E-state index contributed by atoms with van der Waals surface area (Å²) in [6, 6.07) is 0.481. The minimum absolute atomic E-state index is 0.101. The van der Waals surface area contributed by atoms with E-state index in [0.29, 0.717) is 6.07 Å². The highest BCUT2D eigenvalue weighted by molar-refractivity contribution is 9.10. The minimum Gasteiger partial charge on any atom is -0.206 e. The first-order valence-corrected chi connectivity index (χ1v) is 4.37. The molecule has 0 saturated carbocycles. The molecule has 0 nitrogen and oxygen atoms in total. The van der Waals surface area contributed by atoms with Crippen molar-refractivity contribution < 1.29 is 26.3 Å². The molecule has 0 amide bonds. The van der Waals surface area contributed by atoms with E-state index < -0.39 is 29.5 Å². The molecule has 1 rings (SSSR count). The highest BCUT2D eigenvalue weighted by Gasteiger charge is 2.35. The second-order valence-corrected chi connectivity index (χ2v) is 3.51. The first-order valence-electron chi connectivity index (χ1n) is 3.57. The maximum atomic E-state index is 12.8. The van der Waals surface area contributed by atoms with Crippen LogP contribution in [0.2, 0.25) is 0 Å². The summed E-state index contributed by atoms with van der Waals surface area (Å²) in [6.07, 6.45) is -8.07. The van der Waals surface area contributed by atoms with Crippen LogP contribution in [-0.4, -0.2) is 0 Å². The second kappa shape index (κ2) is 4.03. The van der Waals surface area contributed by atoms with Gasteiger partial charge in [0, 0.05) is 10.0 Å². The van der Waals surface area contributed by atoms with E-state index in [1.807, 2.05) is 0 Å². The summed E-state index contributed by atoms with van der Waals surface area (Å²) >= 11 is 2.56. The molecule has 0 N–H and O–H groups in total. The van der Waals surface area contributed by atoms with E-state index >= 15 is 0 Å². The molecule has 0 atom stereocenters. The van der Waals surface area contributed by atoms with E-state index in [2.05, 4.69) is 15.9 Å². The summed E-state index contributed by atoms with van der Waals surface area (Å²) in [5.41, 5.74) is -2.58. The Kier molecular flexibility index (Phi) is 3.32. The molecule has 0 fully saturated rings. The van der Waals surface area contributed by atoms with Gasteiger partial charge >= 0.3 is 6.18 Å². The molecule has 0 bridgehead atoms. The summed E-state index contributed by atoms with van der Waals surface area (Å²) in [4.78, 5) is 0. The van der Waals surface area contributed by atoms with Crippen LogP contribution in [0.1, 0.15) is 17.6 Å². The van der Waals surface area contributed by atoms with E-state index in [1.54, 1.807) is 0 Å². The number of benzene rings is 1. The second-order valence-electron chi connectivity index (χ2n) is 2.65. The van der Waals surface area contributed by atoms with Gasteiger partial charge < -0.3 is 0 Å². The summed E-state index contributed by atoms with van der Waals surface area (Å²) < 4.78 is 73.2. The smallest absolute Gasteiger partial charge is 0.206 e. The van der Waals surface area contributed by atoms with Crippen molar-refractivity contribution in [1.29, 1.82) is 0 Å². The van der Waals surface area contributed by atoms with E-state index in [4.69, 9.17) is 0 Å². The summed E-state index contributed by atoms with van der Waals surface area (Å²) in [6.45, 7) is 0. The van der Waals surface area contributed by atoms with Crippen molar-refractivity contribution in [3.8, 4) is 0 Å². The van der Waals surface area contributed by atoms with Crippen LogP contribution in [0.4, 0.5) is 26.3 Å². The minimum atomic E-state index is -4.98. The third-order valence-corrected chi connectivity index (χ3v) is 2.31. The molecule has 0 aliphatic heterocycles. The normalized spacial score (nSPS) is 12.3. The van der Waals surface area contributed by atoms with Crippen molar-refractivity contribution >= 4 is 15.9 Å². The largest absolute Gasteiger partial charge is 0.419 e. The van der Waals surface area contributed by atoms with Crippen LogP contribution in [0.5, 0.6) is 0 Å². The standard InChI is InChI=1S/C8H3BrF6/c9-5-2-6(10)4(8(13,14)15)1-3(5)7(11)12/h1-2,7H. The van der Waals surface area contributed by atoms with Crippen LogP contribution in [0, 0.1) is 5.82 Å². The van der Waals surface area contributed by atoms with Crippen molar-refractivity contribution in [3.05, 3.63) is 33.5 Å². The first kappa shape index (κ1) is 12.4. The Morgan fingerprint density at radius 1 is 1.13 bits per heavy atom. The van der Waals surface area contributed by atoms with Gasteiger partial charge in [-0.1, -0.05) is 15.9 Å². The van der Waals surface area contributed by atoms with Gasteiger partial charge in [0.15, 0.2) is 0 Å². The zero-order chi connectivity index (χ0) is 11.8. The molecular formula is C8H3BrF6. The highest BCUT2D eigenvalue weighted by Crippen LogP contribution is 2.37. The van der Waals surface area contributed by atoms with Gasteiger partial charge in [-0.3, -0.25) is 0 Å². The Morgan fingerprint density at radius 2 is 1.67 bits per heavy atom. The zero-order valence-electron chi connectivity index (χ0n) is 6.88. The van der Waals surface area contributed by atoms with Crippen LogP contribution in [-0.2, 0) is 6.18 Å². The average molecular weight is 293 g/mol. The number of halogens is 7. The molecule has 0 aromatic heterocycles. The molecule has 1 aromatic rings. The van der Waals surface area contributed by atoms with Gasteiger partial charge in [-0.2, -0.15) is 13.2 Å². The number of rotatable bonds is 1. The van der Waals surface area contributed by atoms with Gasteiger partial charge in [-0.15, -0.1) is 0 Å². The van der Waals surface area contributed by atoms with Crippen molar-refractivity contribution in [2.45, 2.75) is 12.6 Å². The average Bonchev–Trinajstić information content (AvgIpc) is 2.00.